The van der Waals surface area contributed by atoms with Crippen molar-refractivity contribution < 1.29 is 18.3 Å². The molecule has 0 saturated carbocycles. The molecule has 0 radical (unpaired) electrons. The van der Waals surface area contributed by atoms with E-state index < -0.39 is 17.9 Å². The molecule has 0 aliphatic carbocycles. The van der Waals surface area contributed by atoms with Gasteiger partial charge in [-0.25, -0.2) is 13.8 Å². The smallest absolute Gasteiger partial charge is 0.214 e. The van der Waals surface area contributed by atoms with Crippen molar-refractivity contribution >= 4 is 5.71 Å². The molecule has 2 aliphatic heterocycles. The van der Waals surface area contributed by atoms with Gasteiger partial charge in [0.15, 0.2) is 23.1 Å². The lowest BCUT2D eigenvalue weighted by Gasteiger charge is -2.38. The highest BCUT2D eigenvalue weighted by Gasteiger charge is 2.42. The molecule has 1 aromatic heterocycles. The quantitative estimate of drug-likeness (QED) is 0.611. The van der Waals surface area contributed by atoms with Crippen LogP contribution in [0.25, 0.3) is 0 Å². The molecule has 3 heterocycles. The lowest BCUT2D eigenvalue weighted by molar-refractivity contribution is -0.0214. The van der Waals surface area contributed by atoms with E-state index in [4.69, 9.17) is 14.6 Å². The molecule has 5 nitrogen and oxygen atoms in total. The van der Waals surface area contributed by atoms with Crippen LogP contribution in [0.4, 0.5) is 8.78 Å². The molecule has 2 aliphatic rings. The molecule has 3 aromatic rings. The minimum atomic E-state index is -0.924. The van der Waals surface area contributed by atoms with E-state index in [-0.39, 0.29) is 6.04 Å². The topological polar surface area (TPSA) is 47.0 Å². The van der Waals surface area contributed by atoms with Gasteiger partial charge in [-0.3, -0.25) is 4.98 Å². The number of hydrogen-bond donors (Lipinski definition) is 0. The lowest BCUT2D eigenvalue weighted by atomic mass is 9.96. The molecule has 30 heavy (non-hydrogen) atoms. The van der Waals surface area contributed by atoms with Crippen molar-refractivity contribution in [2.75, 3.05) is 6.61 Å². The number of hydrazone groups is 1. The first-order chi connectivity index (χ1) is 14.7. The Labute approximate surface area is 172 Å². The zero-order valence-corrected chi connectivity index (χ0v) is 16.3. The molecular weight excluding hydrogens is 388 g/mol. The van der Waals surface area contributed by atoms with Gasteiger partial charge < -0.3 is 9.47 Å². The van der Waals surface area contributed by atoms with Gasteiger partial charge in [-0.1, -0.05) is 24.3 Å². The Balaban J connectivity index is 1.63. The average molecular weight is 407 g/mol. The highest BCUT2D eigenvalue weighted by atomic mass is 19.2. The second-order valence-corrected chi connectivity index (χ2v) is 7.14. The van der Waals surface area contributed by atoms with Crippen LogP contribution in [0.1, 0.15) is 42.3 Å². The minimum absolute atomic E-state index is 0.123. The number of pyridine rings is 1. The number of para-hydroxylation sites is 1. The Bertz CT molecular complexity index is 1120. The van der Waals surface area contributed by atoms with Gasteiger partial charge in [-0.15, -0.1) is 0 Å². The van der Waals surface area contributed by atoms with Crippen LogP contribution < -0.4 is 9.47 Å². The van der Waals surface area contributed by atoms with Gasteiger partial charge in [0.1, 0.15) is 0 Å². The Hall–Kier alpha value is -3.48. The molecule has 152 valence electrons. The zero-order chi connectivity index (χ0) is 20.7. The standard InChI is InChI=1S/C23H19F2N3O2/c1-2-29-21-7-3-6-16-20-12-19(15-5-4-10-26-13-15)27-28(20)23(30-22(16)21)14-8-9-17(24)18(25)11-14/h3-11,13,20,23H,2,12H2,1H3/t20-,23+/m1/s1. The summed E-state index contributed by atoms with van der Waals surface area (Å²) in [6.45, 7) is 2.39. The maximum atomic E-state index is 14.0. The lowest BCUT2D eigenvalue weighted by Crippen LogP contribution is -2.34. The van der Waals surface area contributed by atoms with Gasteiger partial charge in [-0.2, -0.15) is 5.10 Å². The summed E-state index contributed by atoms with van der Waals surface area (Å²) in [6.07, 6.45) is 3.40. The van der Waals surface area contributed by atoms with Crippen molar-refractivity contribution in [3.05, 3.63) is 89.2 Å². The fourth-order valence-electron chi connectivity index (χ4n) is 3.95. The van der Waals surface area contributed by atoms with E-state index in [1.54, 1.807) is 12.4 Å². The first kappa shape index (κ1) is 18.5. The monoisotopic (exact) mass is 407 g/mol. The zero-order valence-electron chi connectivity index (χ0n) is 16.3. The molecular formula is C23H19F2N3O2. The number of ether oxygens (including phenoxy) is 2. The third kappa shape index (κ3) is 3.07. The third-order valence-electron chi connectivity index (χ3n) is 5.30. The maximum Gasteiger partial charge on any atom is 0.214 e. The van der Waals surface area contributed by atoms with Gasteiger partial charge in [0.2, 0.25) is 6.23 Å². The van der Waals surface area contributed by atoms with E-state index in [1.807, 2.05) is 42.3 Å². The van der Waals surface area contributed by atoms with E-state index in [0.29, 0.717) is 30.1 Å². The van der Waals surface area contributed by atoms with Crippen LogP contribution in [0, 0.1) is 11.6 Å². The Morgan fingerprint density at radius 1 is 1.13 bits per heavy atom. The SMILES string of the molecule is CCOc1cccc2c1O[C@@H](c1ccc(F)c(F)c1)N1N=C(c3cccnc3)C[C@H]21. The van der Waals surface area contributed by atoms with Crippen molar-refractivity contribution in [1.82, 2.24) is 9.99 Å². The molecule has 0 bridgehead atoms. The van der Waals surface area contributed by atoms with Crippen molar-refractivity contribution in [1.29, 1.82) is 0 Å². The van der Waals surface area contributed by atoms with Gasteiger partial charge in [0.25, 0.3) is 0 Å². The molecule has 0 unspecified atom stereocenters. The molecule has 2 atom stereocenters. The van der Waals surface area contributed by atoms with Crippen LogP contribution in [0.2, 0.25) is 0 Å². The second-order valence-electron chi connectivity index (χ2n) is 7.14. The first-order valence-electron chi connectivity index (χ1n) is 9.79. The van der Waals surface area contributed by atoms with Crippen molar-refractivity contribution in [2.45, 2.75) is 25.6 Å². The summed E-state index contributed by atoms with van der Waals surface area (Å²) in [5.41, 5.74) is 3.20. The number of benzene rings is 2. The van der Waals surface area contributed by atoms with Crippen LogP contribution in [0.3, 0.4) is 0 Å². The highest BCUT2D eigenvalue weighted by molar-refractivity contribution is 6.01. The largest absolute Gasteiger partial charge is 0.490 e. The third-order valence-corrected chi connectivity index (χ3v) is 5.30. The maximum absolute atomic E-state index is 14.0. The number of nitrogens with zero attached hydrogens (tertiary/aromatic N) is 3. The molecule has 0 fully saturated rings. The van der Waals surface area contributed by atoms with Crippen LogP contribution in [0.5, 0.6) is 11.5 Å². The predicted octanol–water partition coefficient (Wildman–Crippen LogP) is 5.00. The summed E-state index contributed by atoms with van der Waals surface area (Å²) in [6, 6.07) is 13.2. The number of fused-ring (bicyclic) bond motifs is 3. The summed E-state index contributed by atoms with van der Waals surface area (Å²) in [4.78, 5) is 4.19. The molecule has 5 rings (SSSR count). The molecule has 7 heteroatoms. The van der Waals surface area contributed by atoms with Crippen LogP contribution in [0.15, 0.2) is 66.0 Å². The fraction of sp³-hybridized carbons (Fsp3) is 0.217. The summed E-state index contributed by atoms with van der Waals surface area (Å²) in [7, 11) is 0. The van der Waals surface area contributed by atoms with Crippen molar-refractivity contribution in [2.24, 2.45) is 5.10 Å². The van der Waals surface area contributed by atoms with Crippen molar-refractivity contribution in [3.8, 4) is 11.5 Å². The number of rotatable bonds is 4. The molecule has 0 saturated heterocycles. The minimum Gasteiger partial charge on any atom is -0.490 e. The van der Waals surface area contributed by atoms with Crippen LogP contribution in [-0.2, 0) is 0 Å². The van der Waals surface area contributed by atoms with Crippen molar-refractivity contribution in [3.63, 3.8) is 0 Å². The van der Waals surface area contributed by atoms with Gasteiger partial charge in [0.05, 0.1) is 18.4 Å². The summed E-state index contributed by atoms with van der Waals surface area (Å²) in [5.74, 6) is -0.593. The fourth-order valence-corrected chi connectivity index (χ4v) is 3.95. The Kier molecular flexibility index (Phi) is 4.58. The van der Waals surface area contributed by atoms with E-state index in [9.17, 15) is 8.78 Å². The average Bonchev–Trinajstić information content (AvgIpc) is 3.22. The van der Waals surface area contributed by atoms with Crippen LogP contribution in [-0.4, -0.2) is 22.3 Å². The molecule has 0 amide bonds. The number of aromatic nitrogens is 1. The molecule has 0 spiro atoms. The highest BCUT2D eigenvalue weighted by Crippen LogP contribution is 2.50. The van der Waals surface area contributed by atoms with E-state index in [1.165, 1.54) is 6.07 Å². The normalized spacial score (nSPS) is 19.6. The molecule has 2 aromatic carbocycles. The first-order valence-corrected chi connectivity index (χ1v) is 9.79. The number of halogens is 2. The van der Waals surface area contributed by atoms with Crippen LogP contribution >= 0.6 is 0 Å². The van der Waals surface area contributed by atoms with E-state index in [0.717, 1.165) is 29.0 Å². The molecule has 0 N–H and O–H groups in total. The Morgan fingerprint density at radius 2 is 2.03 bits per heavy atom. The Morgan fingerprint density at radius 3 is 2.80 bits per heavy atom. The summed E-state index contributed by atoms with van der Waals surface area (Å²) < 4.78 is 39.6. The number of hydrogen-bond acceptors (Lipinski definition) is 5. The van der Waals surface area contributed by atoms with E-state index in [2.05, 4.69) is 4.98 Å². The van der Waals surface area contributed by atoms with Gasteiger partial charge in [-0.05, 0) is 31.2 Å². The summed E-state index contributed by atoms with van der Waals surface area (Å²) >= 11 is 0. The summed E-state index contributed by atoms with van der Waals surface area (Å²) in [5, 5.41) is 6.61. The van der Waals surface area contributed by atoms with Gasteiger partial charge in [0, 0.05) is 35.5 Å². The predicted molar refractivity (Wildman–Crippen MR) is 107 cm³/mol. The van der Waals surface area contributed by atoms with Gasteiger partial charge >= 0.3 is 0 Å². The second kappa shape index (κ2) is 7.40. The van der Waals surface area contributed by atoms with E-state index >= 15 is 0 Å².